The van der Waals surface area contributed by atoms with Crippen molar-refractivity contribution in [3.05, 3.63) is 59.7 Å². The summed E-state index contributed by atoms with van der Waals surface area (Å²) in [6.07, 6.45) is 3.96. The number of ketones is 1. The number of fused-ring (bicyclic) bond motifs is 1. The average molecular weight is 364 g/mol. The van der Waals surface area contributed by atoms with Crippen molar-refractivity contribution in [2.24, 2.45) is 0 Å². The Morgan fingerprint density at radius 2 is 1.95 bits per heavy atom. The predicted molar refractivity (Wildman–Crippen MR) is 79.3 cm³/mol. The largest absolute Gasteiger partial charge is 1.00 e. The number of hydrogen-bond donors (Lipinski definition) is 0. The van der Waals surface area contributed by atoms with E-state index < -0.39 is 0 Å². The molecule has 2 heterocycles. The number of rotatable bonds is 4. The molecule has 21 heavy (non-hydrogen) atoms. The first-order chi connectivity index (χ1) is 9.76. The molecular weight excluding hydrogens is 350 g/mol. The van der Waals surface area contributed by atoms with Gasteiger partial charge in [-0.3, -0.25) is 4.79 Å². The summed E-state index contributed by atoms with van der Waals surface area (Å²) in [6, 6.07) is 11.3. The van der Waals surface area contributed by atoms with Crippen LogP contribution in [0.2, 0.25) is 0 Å². The van der Waals surface area contributed by atoms with Crippen LogP contribution < -0.4 is 26.3 Å². The highest BCUT2D eigenvalue weighted by Gasteiger charge is 2.13. The van der Waals surface area contributed by atoms with Gasteiger partial charge in [-0.15, -0.1) is 11.3 Å². The Kier molecular flexibility index (Phi) is 5.09. The smallest absolute Gasteiger partial charge is 0.227 e. The lowest BCUT2D eigenvalue weighted by molar-refractivity contribution is -0.681. The van der Waals surface area contributed by atoms with Gasteiger partial charge in [0, 0.05) is 17.0 Å². The lowest BCUT2D eigenvalue weighted by atomic mass is 10.1. The molecule has 0 aliphatic heterocycles. The first-order valence-corrected chi connectivity index (χ1v) is 7.18. The standard InChI is InChI=1S/C16H14NO2S.BrH/c1-19-14-4-2-12(3-5-14)15(18)10-17-8-6-13-7-9-20-16(13)11-17;/h2-9,11H,10H2,1H3;1H/q+1;/p-1. The van der Waals surface area contributed by atoms with Gasteiger partial charge in [0.25, 0.3) is 0 Å². The maximum Gasteiger partial charge on any atom is 0.227 e. The normalized spacial score (nSPS) is 10.1. The quantitative estimate of drug-likeness (QED) is 0.485. The number of halogens is 1. The molecule has 0 N–H and O–H groups in total. The second-order valence-electron chi connectivity index (χ2n) is 4.51. The number of ether oxygens (including phenoxy) is 1. The van der Waals surface area contributed by atoms with E-state index in [4.69, 9.17) is 4.74 Å². The van der Waals surface area contributed by atoms with Gasteiger partial charge >= 0.3 is 0 Å². The summed E-state index contributed by atoms with van der Waals surface area (Å²) in [6.45, 7) is 0.347. The zero-order valence-corrected chi connectivity index (χ0v) is 13.9. The van der Waals surface area contributed by atoms with Crippen LogP contribution in [0.3, 0.4) is 0 Å². The third-order valence-electron chi connectivity index (χ3n) is 3.19. The van der Waals surface area contributed by atoms with Crippen LogP contribution in [0.25, 0.3) is 10.1 Å². The van der Waals surface area contributed by atoms with Gasteiger partial charge in [0.2, 0.25) is 12.3 Å². The molecule has 3 rings (SSSR count). The molecule has 0 atom stereocenters. The van der Waals surface area contributed by atoms with Crippen LogP contribution in [0, 0.1) is 0 Å². The van der Waals surface area contributed by atoms with Crippen molar-refractivity contribution in [2.45, 2.75) is 6.54 Å². The first-order valence-electron chi connectivity index (χ1n) is 6.30. The van der Waals surface area contributed by atoms with Crippen LogP contribution in [0.4, 0.5) is 0 Å². The maximum atomic E-state index is 12.2. The van der Waals surface area contributed by atoms with E-state index in [-0.39, 0.29) is 22.8 Å². The van der Waals surface area contributed by atoms with E-state index in [9.17, 15) is 4.79 Å². The Labute approximate surface area is 137 Å². The van der Waals surface area contributed by atoms with Crippen molar-refractivity contribution < 1.29 is 31.1 Å². The SMILES string of the molecule is COc1ccc(C(=O)C[n+]2ccc3ccsc3c2)cc1.[Br-]. The molecule has 108 valence electrons. The number of nitrogens with zero attached hydrogens (tertiary/aromatic N) is 1. The lowest BCUT2D eigenvalue weighted by Gasteiger charge is -2.01. The minimum atomic E-state index is 0. The van der Waals surface area contributed by atoms with Crippen LogP contribution in [0.1, 0.15) is 10.4 Å². The zero-order chi connectivity index (χ0) is 13.9. The summed E-state index contributed by atoms with van der Waals surface area (Å²) in [5, 5.41) is 3.27. The number of thiophene rings is 1. The van der Waals surface area contributed by atoms with E-state index >= 15 is 0 Å². The second kappa shape index (κ2) is 6.83. The van der Waals surface area contributed by atoms with Gasteiger partial charge in [0.1, 0.15) is 5.75 Å². The number of hydrogen-bond acceptors (Lipinski definition) is 3. The van der Waals surface area contributed by atoms with Crippen LogP contribution in [0.5, 0.6) is 5.75 Å². The van der Waals surface area contributed by atoms with E-state index in [0.29, 0.717) is 12.1 Å². The van der Waals surface area contributed by atoms with Gasteiger partial charge in [0.15, 0.2) is 12.4 Å². The molecule has 5 heteroatoms. The molecule has 3 aromatic rings. The van der Waals surface area contributed by atoms with Crippen molar-refractivity contribution in [2.75, 3.05) is 7.11 Å². The number of carbonyl (C=O) groups is 1. The molecule has 0 aliphatic carbocycles. The van der Waals surface area contributed by atoms with Crippen LogP contribution >= 0.6 is 11.3 Å². The Hall–Kier alpha value is -1.72. The highest BCUT2D eigenvalue weighted by molar-refractivity contribution is 7.17. The van der Waals surface area contributed by atoms with E-state index in [1.807, 2.05) is 23.0 Å². The number of Topliss-reactive ketones (excluding diaryl/α,β-unsaturated/α-hetero) is 1. The van der Waals surface area contributed by atoms with Crippen molar-refractivity contribution in [1.82, 2.24) is 0 Å². The predicted octanol–water partition coefficient (Wildman–Crippen LogP) is 0.0843. The molecule has 1 aromatic carbocycles. The molecule has 0 unspecified atom stereocenters. The Balaban J connectivity index is 0.00000161. The minimum Gasteiger partial charge on any atom is -1.00 e. The third kappa shape index (κ3) is 3.49. The van der Waals surface area contributed by atoms with Gasteiger partial charge in [-0.2, -0.15) is 4.57 Å². The number of aromatic nitrogens is 1. The molecule has 0 fully saturated rings. The van der Waals surface area contributed by atoms with Crippen molar-refractivity contribution in [3.8, 4) is 5.75 Å². The molecule has 0 spiro atoms. The molecular formula is C16H14BrNO2S. The Bertz CT molecular complexity index is 752. The fourth-order valence-corrected chi connectivity index (χ4v) is 2.91. The van der Waals surface area contributed by atoms with Gasteiger partial charge in [0.05, 0.1) is 11.8 Å². The van der Waals surface area contributed by atoms with Crippen LogP contribution in [-0.2, 0) is 6.54 Å². The lowest BCUT2D eigenvalue weighted by Crippen LogP contribution is -3.00. The summed E-state index contributed by atoms with van der Waals surface area (Å²) < 4.78 is 8.20. The summed E-state index contributed by atoms with van der Waals surface area (Å²) >= 11 is 1.68. The second-order valence-corrected chi connectivity index (χ2v) is 5.46. The fraction of sp³-hybridized carbons (Fsp3) is 0.125. The van der Waals surface area contributed by atoms with Crippen molar-refractivity contribution in [1.29, 1.82) is 0 Å². The van der Waals surface area contributed by atoms with Gasteiger partial charge in [-0.25, -0.2) is 0 Å². The fourth-order valence-electron chi connectivity index (χ4n) is 2.08. The Morgan fingerprint density at radius 3 is 2.67 bits per heavy atom. The molecule has 2 aromatic heterocycles. The Morgan fingerprint density at radius 1 is 1.19 bits per heavy atom. The molecule has 0 radical (unpaired) electrons. The molecule has 0 saturated carbocycles. The highest BCUT2D eigenvalue weighted by Crippen LogP contribution is 2.17. The van der Waals surface area contributed by atoms with Crippen molar-refractivity contribution >= 4 is 27.2 Å². The highest BCUT2D eigenvalue weighted by atomic mass is 79.9. The summed E-state index contributed by atoms with van der Waals surface area (Å²) in [7, 11) is 1.61. The summed E-state index contributed by atoms with van der Waals surface area (Å²) in [5.41, 5.74) is 0.699. The molecule has 0 aliphatic rings. The van der Waals surface area contributed by atoms with Gasteiger partial charge in [-0.1, -0.05) is 0 Å². The van der Waals surface area contributed by atoms with E-state index in [2.05, 4.69) is 11.4 Å². The maximum absolute atomic E-state index is 12.2. The molecule has 3 nitrogen and oxygen atoms in total. The number of pyridine rings is 1. The number of carbonyl (C=O) groups excluding carboxylic acids is 1. The monoisotopic (exact) mass is 363 g/mol. The van der Waals surface area contributed by atoms with Crippen LogP contribution in [-0.4, -0.2) is 12.9 Å². The number of methoxy groups -OCH3 is 1. The molecule has 0 amide bonds. The van der Waals surface area contributed by atoms with E-state index in [1.54, 1.807) is 42.7 Å². The van der Waals surface area contributed by atoms with Gasteiger partial charge in [-0.05, 0) is 35.7 Å². The zero-order valence-electron chi connectivity index (χ0n) is 11.5. The van der Waals surface area contributed by atoms with E-state index in [1.165, 1.54) is 10.1 Å². The summed E-state index contributed by atoms with van der Waals surface area (Å²) in [4.78, 5) is 12.2. The van der Waals surface area contributed by atoms with Crippen molar-refractivity contribution in [3.63, 3.8) is 0 Å². The number of benzene rings is 1. The molecule has 0 saturated heterocycles. The van der Waals surface area contributed by atoms with Crippen LogP contribution in [0.15, 0.2) is 54.2 Å². The first kappa shape index (κ1) is 15.7. The average Bonchev–Trinajstić information content (AvgIpc) is 2.95. The van der Waals surface area contributed by atoms with Gasteiger partial charge < -0.3 is 21.7 Å². The third-order valence-corrected chi connectivity index (χ3v) is 4.06. The minimum absolute atomic E-state index is 0. The summed E-state index contributed by atoms with van der Waals surface area (Å²) in [5.74, 6) is 0.850. The molecule has 0 bridgehead atoms. The topological polar surface area (TPSA) is 30.2 Å². The van der Waals surface area contributed by atoms with E-state index in [0.717, 1.165) is 5.75 Å².